The highest BCUT2D eigenvalue weighted by molar-refractivity contribution is 5.80. The largest absolute Gasteiger partial charge is 0.368 e. The predicted octanol–water partition coefficient (Wildman–Crippen LogP) is 1.33. The van der Waals surface area contributed by atoms with Crippen molar-refractivity contribution >= 4 is 5.91 Å². The van der Waals surface area contributed by atoms with Crippen LogP contribution in [0, 0.1) is 0 Å². The average molecular weight is 240 g/mol. The highest BCUT2D eigenvalue weighted by Gasteiger charge is 2.29. The second kappa shape index (κ2) is 5.83. The van der Waals surface area contributed by atoms with E-state index in [1.165, 1.54) is 19.3 Å². The van der Waals surface area contributed by atoms with Gasteiger partial charge in [-0.2, -0.15) is 0 Å². The van der Waals surface area contributed by atoms with Gasteiger partial charge < -0.3 is 15.8 Å². The van der Waals surface area contributed by atoms with E-state index in [-0.39, 0.29) is 17.6 Å². The van der Waals surface area contributed by atoms with Crippen molar-refractivity contribution in [2.24, 2.45) is 5.73 Å². The van der Waals surface area contributed by atoms with Crippen LogP contribution in [0.1, 0.15) is 51.4 Å². The van der Waals surface area contributed by atoms with Gasteiger partial charge in [-0.05, 0) is 32.1 Å². The number of ether oxygens (including phenoxy) is 1. The Bertz CT molecular complexity index is 256. The minimum atomic E-state index is -0.240. The molecule has 0 spiro atoms. The summed E-state index contributed by atoms with van der Waals surface area (Å²) in [4.78, 5) is 11.9. The SMILES string of the molecule is NC1(CNC(=O)C2CCCCO2)CCCCC1. The number of nitrogens with one attached hydrogen (secondary N) is 1. The van der Waals surface area contributed by atoms with E-state index in [1.807, 2.05) is 0 Å². The first-order chi connectivity index (χ1) is 8.20. The van der Waals surface area contributed by atoms with Gasteiger partial charge >= 0.3 is 0 Å². The summed E-state index contributed by atoms with van der Waals surface area (Å²) in [5, 5.41) is 2.97. The summed E-state index contributed by atoms with van der Waals surface area (Å²) >= 11 is 0. The van der Waals surface area contributed by atoms with Gasteiger partial charge in [-0.25, -0.2) is 0 Å². The first-order valence-corrected chi connectivity index (χ1v) is 6.88. The van der Waals surface area contributed by atoms with Gasteiger partial charge in [0.05, 0.1) is 0 Å². The highest BCUT2D eigenvalue weighted by atomic mass is 16.5. The van der Waals surface area contributed by atoms with Crippen molar-refractivity contribution in [1.29, 1.82) is 0 Å². The van der Waals surface area contributed by atoms with Crippen molar-refractivity contribution in [3.8, 4) is 0 Å². The molecule has 0 bridgehead atoms. The highest BCUT2D eigenvalue weighted by Crippen LogP contribution is 2.25. The van der Waals surface area contributed by atoms with E-state index in [4.69, 9.17) is 10.5 Å². The molecule has 1 amide bonds. The van der Waals surface area contributed by atoms with Gasteiger partial charge in [0.25, 0.3) is 0 Å². The van der Waals surface area contributed by atoms with Gasteiger partial charge in [-0.3, -0.25) is 4.79 Å². The lowest BCUT2D eigenvalue weighted by Gasteiger charge is -2.34. The molecular formula is C13H24N2O2. The molecule has 2 fully saturated rings. The zero-order valence-electron chi connectivity index (χ0n) is 10.5. The standard InChI is InChI=1S/C13H24N2O2/c14-13(7-3-1-4-8-13)10-15-12(16)11-6-2-5-9-17-11/h11H,1-10,14H2,(H,15,16). The predicted molar refractivity (Wildman–Crippen MR) is 66.6 cm³/mol. The molecule has 4 nitrogen and oxygen atoms in total. The lowest BCUT2D eigenvalue weighted by Crippen LogP contribution is -2.53. The quantitative estimate of drug-likeness (QED) is 0.782. The first-order valence-electron chi connectivity index (χ1n) is 6.88. The van der Waals surface area contributed by atoms with Crippen LogP contribution in [0.5, 0.6) is 0 Å². The van der Waals surface area contributed by atoms with Crippen LogP contribution in [0.15, 0.2) is 0 Å². The van der Waals surface area contributed by atoms with Crippen LogP contribution in [0.3, 0.4) is 0 Å². The van der Waals surface area contributed by atoms with Crippen LogP contribution in [0.25, 0.3) is 0 Å². The maximum absolute atomic E-state index is 11.9. The fourth-order valence-corrected chi connectivity index (χ4v) is 2.76. The molecule has 1 unspecified atom stereocenters. The van der Waals surface area contributed by atoms with Crippen LogP contribution in [0.2, 0.25) is 0 Å². The molecule has 2 rings (SSSR count). The van der Waals surface area contributed by atoms with Gasteiger partial charge in [0.2, 0.25) is 5.91 Å². The van der Waals surface area contributed by atoms with Crippen LogP contribution in [-0.2, 0) is 9.53 Å². The van der Waals surface area contributed by atoms with Crippen LogP contribution in [0.4, 0.5) is 0 Å². The molecule has 17 heavy (non-hydrogen) atoms. The normalized spacial score (nSPS) is 28.6. The first kappa shape index (κ1) is 12.8. The molecule has 0 aromatic carbocycles. The summed E-state index contributed by atoms with van der Waals surface area (Å²) in [5.41, 5.74) is 6.10. The monoisotopic (exact) mass is 240 g/mol. The zero-order chi connectivity index (χ0) is 12.1. The Hall–Kier alpha value is -0.610. The topological polar surface area (TPSA) is 64.3 Å². The Morgan fingerprint density at radius 2 is 2.00 bits per heavy atom. The molecular weight excluding hydrogens is 216 g/mol. The number of nitrogens with two attached hydrogens (primary N) is 1. The van der Waals surface area contributed by atoms with Crippen LogP contribution in [-0.4, -0.2) is 30.7 Å². The van der Waals surface area contributed by atoms with Gasteiger partial charge in [0, 0.05) is 18.7 Å². The molecule has 1 saturated carbocycles. The Balaban J connectivity index is 1.74. The summed E-state index contributed by atoms with van der Waals surface area (Å²) in [7, 11) is 0. The van der Waals surface area contributed by atoms with E-state index in [2.05, 4.69) is 5.32 Å². The van der Waals surface area contributed by atoms with Gasteiger partial charge in [0.1, 0.15) is 6.10 Å². The van der Waals surface area contributed by atoms with Gasteiger partial charge in [-0.15, -0.1) is 0 Å². The Morgan fingerprint density at radius 3 is 2.65 bits per heavy atom. The number of amides is 1. The molecule has 98 valence electrons. The molecule has 1 heterocycles. The third-order valence-corrected chi connectivity index (χ3v) is 3.94. The fourth-order valence-electron chi connectivity index (χ4n) is 2.76. The summed E-state index contributed by atoms with van der Waals surface area (Å²) in [6, 6.07) is 0. The minimum Gasteiger partial charge on any atom is -0.368 e. The van der Waals surface area contributed by atoms with Crippen molar-refractivity contribution in [1.82, 2.24) is 5.32 Å². The third kappa shape index (κ3) is 3.68. The number of hydrogen-bond acceptors (Lipinski definition) is 3. The average Bonchev–Trinajstić information content (AvgIpc) is 2.38. The van der Waals surface area contributed by atoms with E-state index in [0.29, 0.717) is 13.2 Å². The number of hydrogen-bond donors (Lipinski definition) is 2. The van der Waals surface area contributed by atoms with E-state index in [9.17, 15) is 4.79 Å². The van der Waals surface area contributed by atoms with Gasteiger partial charge in [-0.1, -0.05) is 19.3 Å². The molecule has 4 heteroatoms. The molecule has 1 saturated heterocycles. The Morgan fingerprint density at radius 1 is 1.24 bits per heavy atom. The molecule has 1 aliphatic heterocycles. The molecule has 2 aliphatic rings. The second-order valence-electron chi connectivity index (χ2n) is 5.50. The fraction of sp³-hybridized carbons (Fsp3) is 0.923. The zero-order valence-corrected chi connectivity index (χ0v) is 10.5. The van der Waals surface area contributed by atoms with Crippen LogP contribution < -0.4 is 11.1 Å². The molecule has 3 N–H and O–H groups in total. The second-order valence-corrected chi connectivity index (χ2v) is 5.50. The molecule has 1 atom stereocenters. The molecule has 0 aromatic heterocycles. The maximum Gasteiger partial charge on any atom is 0.249 e. The van der Waals surface area contributed by atoms with Crippen molar-refractivity contribution in [2.45, 2.75) is 63.0 Å². The number of carbonyl (C=O) groups is 1. The summed E-state index contributed by atoms with van der Waals surface area (Å²) in [5.74, 6) is 0.0279. The summed E-state index contributed by atoms with van der Waals surface area (Å²) < 4.78 is 5.46. The summed E-state index contributed by atoms with van der Waals surface area (Å²) in [6.07, 6.45) is 8.48. The van der Waals surface area contributed by atoms with Crippen molar-refractivity contribution < 1.29 is 9.53 Å². The minimum absolute atomic E-state index is 0.0279. The van der Waals surface area contributed by atoms with E-state index >= 15 is 0 Å². The van der Waals surface area contributed by atoms with Crippen molar-refractivity contribution in [3.05, 3.63) is 0 Å². The Kier molecular flexibility index (Phi) is 4.40. The van der Waals surface area contributed by atoms with E-state index < -0.39 is 0 Å². The third-order valence-electron chi connectivity index (χ3n) is 3.94. The van der Waals surface area contributed by atoms with Crippen molar-refractivity contribution in [2.75, 3.05) is 13.2 Å². The van der Waals surface area contributed by atoms with Gasteiger partial charge in [0.15, 0.2) is 0 Å². The lowest BCUT2D eigenvalue weighted by molar-refractivity contribution is -0.135. The molecule has 1 aliphatic carbocycles. The van der Waals surface area contributed by atoms with Crippen LogP contribution >= 0.6 is 0 Å². The lowest BCUT2D eigenvalue weighted by atomic mass is 9.82. The number of rotatable bonds is 3. The molecule has 0 aromatic rings. The maximum atomic E-state index is 11.9. The van der Waals surface area contributed by atoms with Crippen molar-refractivity contribution in [3.63, 3.8) is 0 Å². The Labute approximate surface area is 103 Å². The van der Waals surface area contributed by atoms with E-state index in [1.54, 1.807) is 0 Å². The smallest absolute Gasteiger partial charge is 0.249 e. The number of carbonyl (C=O) groups excluding carboxylic acids is 1. The summed E-state index contributed by atoms with van der Waals surface area (Å²) in [6.45, 7) is 1.32. The van der Waals surface area contributed by atoms with E-state index in [0.717, 1.165) is 32.1 Å². The molecule has 0 radical (unpaired) electrons.